The van der Waals surface area contributed by atoms with Crippen LogP contribution >= 0.6 is 0 Å². The molecule has 0 aromatic heterocycles. The summed E-state index contributed by atoms with van der Waals surface area (Å²) in [6.45, 7) is 0. The molecule has 5 heteroatoms. The molecule has 0 radical (unpaired) electrons. The SMILES string of the molecule is COC(=O)CC(=O)[O-].[Cs+]. The molecule has 0 unspecified atom stereocenters. The molecule has 0 aromatic rings. The molecule has 0 N–H and O–H groups in total. The largest absolute Gasteiger partial charge is 1.00 e. The first kappa shape index (κ1) is 12.6. The normalized spacial score (nSPS) is 7.22. The Hall–Kier alpha value is 0.992. The zero-order valence-electron chi connectivity index (χ0n) is 5.34. The molecule has 0 saturated heterocycles. The van der Waals surface area contributed by atoms with Gasteiger partial charge in [0, 0.05) is 0 Å². The van der Waals surface area contributed by atoms with Gasteiger partial charge in [-0.15, -0.1) is 0 Å². The maximum Gasteiger partial charge on any atom is 1.00 e. The van der Waals surface area contributed by atoms with Crippen molar-refractivity contribution in [3.05, 3.63) is 0 Å². The number of carboxylic acid groups (broad SMARTS) is 1. The summed E-state index contributed by atoms with van der Waals surface area (Å²) in [5, 5.41) is 9.56. The van der Waals surface area contributed by atoms with Crippen molar-refractivity contribution >= 4 is 11.9 Å². The van der Waals surface area contributed by atoms with Gasteiger partial charge in [-0.1, -0.05) is 0 Å². The number of ether oxygens (including phenoxy) is 1. The van der Waals surface area contributed by atoms with E-state index in [1.807, 2.05) is 0 Å². The molecule has 4 nitrogen and oxygen atoms in total. The van der Waals surface area contributed by atoms with Crippen LogP contribution in [0.15, 0.2) is 0 Å². The first-order chi connectivity index (χ1) is 3.66. The number of aliphatic carboxylic acids is 1. The maximum absolute atomic E-state index is 9.98. The van der Waals surface area contributed by atoms with Gasteiger partial charge in [-0.3, -0.25) is 4.79 Å². The van der Waals surface area contributed by atoms with E-state index in [-0.39, 0.29) is 68.9 Å². The third kappa shape index (κ3) is 8.99. The minimum Gasteiger partial charge on any atom is -0.550 e. The fourth-order valence-electron chi connectivity index (χ4n) is 0.190. The van der Waals surface area contributed by atoms with Crippen molar-refractivity contribution in [3.63, 3.8) is 0 Å². The Morgan fingerprint density at radius 3 is 2.11 bits per heavy atom. The predicted molar refractivity (Wildman–Crippen MR) is 21.6 cm³/mol. The summed E-state index contributed by atoms with van der Waals surface area (Å²) in [5.74, 6) is -2.21. The first-order valence-corrected chi connectivity index (χ1v) is 1.93. The second-order valence-corrected chi connectivity index (χ2v) is 1.12. The Morgan fingerprint density at radius 2 is 2.00 bits per heavy atom. The standard InChI is InChI=1S/C4H6O4.Cs/c1-8-4(7)2-3(5)6;/h2H2,1H3,(H,5,6);/q;+1/p-1. The van der Waals surface area contributed by atoms with Crippen molar-refractivity contribution < 1.29 is 88.3 Å². The maximum atomic E-state index is 9.98. The number of esters is 1. The summed E-state index contributed by atoms with van der Waals surface area (Å²) >= 11 is 0. The molecular weight excluding hydrogens is 245 g/mol. The van der Waals surface area contributed by atoms with E-state index < -0.39 is 18.4 Å². The van der Waals surface area contributed by atoms with Crippen LogP contribution in [0.3, 0.4) is 0 Å². The zero-order chi connectivity index (χ0) is 6.57. The van der Waals surface area contributed by atoms with Crippen LogP contribution in [-0.2, 0) is 14.3 Å². The summed E-state index contributed by atoms with van der Waals surface area (Å²) in [5.41, 5.74) is 0. The average Bonchev–Trinajstić information content (AvgIpc) is 1.65. The van der Waals surface area contributed by atoms with E-state index in [1.165, 1.54) is 0 Å². The van der Waals surface area contributed by atoms with Crippen LogP contribution < -0.4 is 74.0 Å². The van der Waals surface area contributed by atoms with Gasteiger partial charge in [0.2, 0.25) is 0 Å². The molecule has 46 valence electrons. The van der Waals surface area contributed by atoms with E-state index in [1.54, 1.807) is 0 Å². The number of carbonyl (C=O) groups is 2. The molecule has 0 rings (SSSR count). The van der Waals surface area contributed by atoms with E-state index >= 15 is 0 Å². The quantitative estimate of drug-likeness (QED) is 0.365. The van der Waals surface area contributed by atoms with Crippen molar-refractivity contribution in [3.8, 4) is 0 Å². The van der Waals surface area contributed by atoms with Gasteiger partial charge >= 0.3 is 74.9 Å². The van der Waals surface area contributed by atoms with Crippen LogP contribution in [0.4, 0.5) is 0 Å². The summed E-state index contributed by atoms with van der Waals surface area (Å²) in [6.07, 6.45) is -0.670. The fraction of sp³-hybridized carbons (Fsp3) is 0.500. The van der Waals surface area contributed by atoms with Gasteiger partial charge in [0.15, 0.2) is 0 Å². The van der Waals surface area contributed by atoms with E-state index in [0.29, 0.717) is 0 Å². The van der Waals surface area contributed by atoms with Crippen molar-refractivity contribution in [1.82, 2.24) is 0 Å². The van der Waals surface area contributed by atoms with Crippen LogP contribution in [0.2, 0.25) is 0 Å². The third-order valence-electron chi connectivity index (χ3n) is 0.516. The van der Waals surface area contributed by atoms with Crippen LogP contribution in [0.1, 0.15) is 6.42 Å². The summed E-state index contributed by atoms with van der Waals surface area (Å²) in [4.78, 5) is 19.5. The molecule has 0 amide bonds. The number of methoxy groups -OCH3 is 1. The molecule has 0 heterocycles. The molecule has 0 spiro atoms. The van der Waals surface area contributed by atoms with E-state index in [2.05, 4.69) is 4.74 Å². The Balaban J connectivity index is 0. The van der Waals surface area contributed by atoms with Gasteiger partial charge in [-0.2, -0.15) is 0 Å². The number of rotatable bonds is 2. The number of carbonyl (C=O) groups excluding carboxylic acids is 2. The van der Waals surface area contributed by atoms with Crippen molar-refractivity contribution in [2.75, 3.05) is 7.11 Å². The molecule has 0 fully saturated rings. The van der Waals surface area contributed by atoms with Gasteiger partial charge in [-0.25, -0.2) is 0 Å². The number of hydrogen-bond acceptors (Lipinski definition) is 4. The van der Waals surface area contributed by atoms with Gasteiger partial charge in [0.1, 0.15) is 0 Å². The molecule has 0 aliphatic carbocycles. The molecular formula is C4H5CsO4. The second-order valence-electron chi connectivity index (χ2n) is 1.12. The van der Waals surface area contributed by atoms with Gasteiger partial charge < -0.3 is 14.6 Å². The number of hydrogen-bond donors (Lipinski definition) is 0. The Bertz CT molecular complexity index is 111. The summed E-state index contributed by atoms with van der Waals surface area (Å²) < 4.78 is 4.00. The van der Waals surface area contributed by atoms with E-state index in [0.717, 1.165) is 7.11 Å². The molecule has 0 aromatic carbocycles. The first-order valence-electron chi connectivity index (χ1n) is 1.93. The van der Waals surface area contributed by atoms with Crippen molar-refractivity contribution in [1.29, 1.82) is 0 Å². The van der Waals surface area contributed by atoms with Gasteiger partial charge in [0.05, 0.1) is 19.5 Å². The van der Waals surface area contributed by atoms with Crippen LogP contribution in [-0.4, -0.2) is 19.0 Å². The Morgan fingerprint density at radius 1 is 1.56 bits per heavy atom. The topological polar surface area (TPSA) is 66.4 Å². The van der Waals surface area contributed by atoms with Crippen molar-refractivity contribution in [2.45, 2.75) is 6.42 Å². The summed E-state index contributed by atoms with van der Waals surface area (Å²) in [7, 11) is 1.12. The monoisotopic (exact) mass is 250 g/mol. The molecule has 0 saturated carbocycles. The van der Waals surface area contributed by atoms with Crippen LogP contribution in [0, 0.1) is 0 Å². The average molecular weight is 250 g/mol. The Kier molecular flexibility index (Phi) is 9.98. The van der Waals surface area contributed by atoms with Gasteiger partial charge in [0.25, 0.3) is 0 Å². The van der Waals surface area contributed by atoms with E-state index in [9.17, 15) is 14.7 Å². The minimum atomic E-state index is -1.42. The Labute approximate surface area is 111 Å². The van der Waals surface area contributed by atoms with Crippen LogP contribution in [0.25, 0.3) is 0 Å². The third-order valence-corrected chi connectivity index (χ3v) is 0.516. The molecule has 0 bridgehead atoms. The van der Waals surface area contributed by atoms with Crippen LogP contribution in [0.5, 0.6) is 0 Å². The summed E-state index contributed by atoms with van der Waals surface area (Å²) in [6, 6.07) is 0. The second kappa shape index (κ2) is 7.10. The van der Waals surface area contributed by atoms with E-state index in [4.69, 9.17) is 0 Å². The smallest absolute Gasteiger partial charge is 0.550 e. The molecule has 0 aliphatic rings. The molecule has 0 atom stereocenters. The molecule has 9 heavy (non-hydrogen) atoms. The minimum absolute atomic E-state index is 0. The number of carboxylic acids is 1. The van der Waals surface area contributed by atoms with Crippen molar-refractivity contribution in [2.24, 2.45) is 0 Å². The molecule has 0 aliphatic heterocycles. The predicted octanol–water partition coefficient (Wildman–Crippen LogP) is -4.70. The fourth-order valence-corrected chi connectivity index (χ4v) is 0.190. The van der Waals surface area contributed by atoms with Gasteiger partial charge in [-0.05, 0) is 0 Å². The zero-order valence-corrected chi connectivity index (χ0v) is 11.6.